The minimum atomic E-state index is 0. The number of aromatic nitrogens is 1. The molecule has 1 unspecified atom stereocenters. The Bertz CT molecular complexity index is 609. The molecule has 2 aromatic heterocycles. The molecule has 1 atom stereocenters. The third-order valence-corrected chi connectivity index (χ3v) is 5.34. The van der Waals surface area contributed by atoms with Crippen LogP contribution < -0.4 is 10.6 Å². The van der Waals surface area contributed by atoms with Gasteiger partial charge in [-0.1, -0.05) is 19.8 Å². The van der Waals surface area contributed by atoms with Crippen molar-refractivity contribution in [1.29, 1.82) is 0 Å². The second-order valence-electron chi connectivity index (χ2n) is 6.34. The molecule has 1 aliphatic carbocycles. The molecule has 0 spiro atoms. The number of hydrogen-bond donors (Lipinski definition) is 2. The molecule has 0 aromatic carbocycles. The van der Waals surface area contributed by atoms with E-state index in [0.717, 1.165) is 36.2 Å². The summed E-state index contributed by atoms with van der Waals surface area (Å²) in [7, 11) is 0. The molecule has 2 N–H and O–H groups in total. The predicted octanol–water partition coefficient (Wildman–Crippen LogP) is 4.18. The molecule has 0 bridgehead atoms. The summed E-state index contributed by atoms with van der Waals surface area (Å²) in [5.41, 5.74) is 0. The molecule has 0 saturated heterocycles. The summed E-state index contributed by atoms with van der Waals surface area (Å²) in [5.74, 6) is 2.26. The first kappa shape index (κ1) is 20.2. The minimum absolute atomic E-state index is 0. The SMILES string of the molecule is CC(CN=C(NCCc1ccco1)NC1CCCC1)c1nccs1.I. The van der Waals surface area contributed by atoms with Crippen LogP contribution in [0.5, 0.6) is 0 Å². The Morgan fingerprint density at radius 2 is 2.28 bits per heavy atom. The quantitative estimate of drug-likeness (QED) is 0.359. The van der Waals surface area contributed by atoms with Gasteiger partial charge in [0.15, 0.2) is 5.96 Å². The monoisotopic (exact) mass is 474 g/mol. The van der Waals surface area contributed by atoms with Crippen LogP contribution in [0.25, 0.3) is 0 Å². The average Bonchev–Trinajstić information content (AvgIpc) is 3.34. The van der Waals surface area contributed by atoms with Gasteiger partial charge in [0.1, 0.15) is 5.76 Å². The standard InChI is InChI=1S/C18H26N4OS.HI/c1-14(17-19-10-12-24-17)13-21-18(22-15-5-2-3-6-15)20-9-8-16-7-4-11-23-16;/h4,7,10-12,14-15H,2-3,5-6,8-9,13H2,1H3,(H2,20,21,22);1H. The Morgan fingerprint density at radius 3 is 2.96 bits per heavy atom. The fourth-order valence-electron chi connectivity index (χ4n) is 2.96. The molecule has 7 heteroatoms. The van der Waals surface area contributed by atoms with E-state index in [1.54, 1.807) is 17.6 Å². The highest BCUT2D eigenvalue weighted by atomic mass is 127. The lowest BCUT2D eigenvalue weighted by atomic mass is 10.2. The lowest BCUT2D eigenvalue weighted by Gasteiger charge is -2.18. The highest BCUT2D eigenvalue weighted by molar-refractivity contribution is 14.0. The summed E-state index contributed by atoms with van der Waals surface area (Å²) < 4.78 is 5.39. The van der Waals surface area contributed by atoms with Gasteiger partial charge in [-0.3, -0.25) is 4.99 Å². The van der Waals surface area contributed by atoms with Gasteiger partial charge in [0.25, 0.3) is 0 Å². The largest absolute Gasteiger partial charge is 0.469 e. The molecule has 1 aliphatic rings. The Morgan fingerprint density at radius 1 is 1.44 bits per heavy atom. The van der Waals surface area contributed by atoms with E-state index in [1.807, 2.05) is 23.7 Å². The van der Waals surface area contributed by atoms with Crippen molar-refractivity contribution in [2.75, 3.05) is 13.1 Å². The van der Waals surface area contributed by atoms with Gasteiger partial charge in [-0.15, -0.1) is 35.3 Å². The van der Waals surface area contributed by atoms with Gasteiger partial charge in [0, 0.05) is 36.5 Å². The van der Waals surface area contributed by atoms with Crippen molar-refractivity contribution in [2.45, 2.75) is 51.0 Å². The van der Waals surface area contributed by atoms with Crippen LogP contribution in [0.3, 0.4) is 0 Å². The first-order valence-electron chi connectivity index (χ1n) is 8.78. The Balaban J connectivity index is 0.00000225. The van der Waals surface area contributed by atoms with Gasteiger partial charge in [-0.25, -0.2) is 4.98 Å². The van der Waals surface area contributed by atoms with Crippen molar-refractivity contribution in [3.05, 3.63) is 40.7 Å². The molecule has 138 valence electrons. The van der Waals surface area contributed by atoms with Gasteiger partial charge in [-0.05, 0) is 25.0 Å². The van der Waals surface area contributed by atoms with Crippen LogP contribution in [0.2, 0.25) is 0 Å². The predicted molar refractivity (Wildman–Crippen MR) is 114 cm³/mol. The van der Waals surface area contributed by atoms with Crippen molar-refractivity contribution in [1.82, 2.24) is 15.6 Å². The maximum Gasteiger partial charge on any atom is 0.191 e. The average molecular weight is 474 g/mol. The molecule has 2 aromatic rings. The fourth-order valence-corrected chi connectivity index (χ4v) is 3.65. The third-order valence-electron chi connectivity index (χ3n) is 4.34. The van der Waals surface area contributed by atoms with E-state index in [1.165, 1.54) is 25.7 Å². The molecule has 0 aliphatic heterocycles. The number of rotatable bonds is 7. The van der Waals surface area contributed by atoms with Crippen LogP contribution in [-0.2, 0) is 6.42 Å². The number of furan rings is 1. The van der Waals surface area contributed by atoms with Crippen molar-refractivity contribution in [3.8, 4) is 0 Å². The van der Waals surface area contributed by atoms with Crippen LogP contribution in [0, 0.1) is 0 Å². The number of nitrogens with one attached hydrogen (secondary N) is 2. The van der Waals surface area contributed by atoms with E-state index >= 15 is 0 Å². The van der Waals surface area contributed by atoms with Crippen molar-refractivity contribution >= 4 is 41.3 Å². The van der Waals surface area contributed by atoms with Crippen molar-refractivity contribution < 1.29 is 4.42 Å². The summed E-state index contributed by atoms with van der Waals surface area (Å²) in [6.45, 7) is 3.74. The lowest BCUT2D eigenvalue weighted by molar-refractivity contribution is 0.505. The maximum atomic E-state index is 5.39. The molecular weight excluding hydrogens is 447 g/mol. The molecule has 3 rings (SSSR count). The van der Waals surface area contributed by atoms with Crippen LogP contribution >= 0.6 is 35.3 Å². The zero-order chi connectivity index (χ0) is 16.6. The molecule has 0 radical (unpaired) electrons. The fraction of sp³-hybridized carbons (Fsp3) is 0.556. The number of nitrogens with zero attached hydrogens (tertiary/aromatic N) is 2. The summed E-state index contributed by atoms with van der Waals surface area (Å²) in [6, 6.07) is 4.49. The normalized spacial score (nSPS) is 16.4. The van der Waals surface area contributed by atoms with E-state index in [2.05, 4.69) is 22.5 Å². The van der Waals surface area contributed by atoms with E-state index in [4.69, 9.17) is 9.41 Å². The highest BCUT2D eigenvalue weighted by Gasteiger charge is 2.16. The summed E-state index contributed by atoms with van der Waals surface area (Å²) in [6.07, 6.45) is 9.54. The molecule has 0 amide bonds. The lowest BCUT2D eigenvalue weighted by Crippen LogP contribution is -2.43. The third kappa shape index (κ3) is 6.62. The van der Waals surface area contributed by atoms with Crippen molar-refractivity contribution in [2.24, 2.45) is 4.99 Å². The highest BCUT2D eigenvalue weighted by Crippen LogP contribution is 2.19. The van der Waals surface area contributed by atoms with Crippen molar-refractivity contribution in [3.63, 3.8) is 0 Å². The van der Waals surface area contributed by atoms with Gasteiger partial charge >= 0.3 is 0 Å². The first-order chi connectivity index (χ1) is 11.8. The number of guanidine groups is 1. The van der Waals surface area contributed by atoms with E-state index in [0.29, 0.717) is 12.0 Å². The van der Waals surface area contributed by atoms with Gasteiger partial charge < -0.3 is 15.1 Å². The van der Waals surface area contributed by atoms with Gasteiger partial charge in [-0.2, -0.15) is 0 Å². The Hall–Kier alpha value is -1.09. The van der Waals surface area contributed by atoms with E-state index in [-0.39, 0.29) is 24.0 Å². The number of aliphatic imine (C=N–C) groups is 1. The molecule has 5 nitrogen and oxygen atoms in total. The molecule has 2 heterocycles. The number of hydrogen-bond acceptors (Lipinski definition) is 4. The summed E-state index contributed by atoms with van der Waals surface area (Å²) >= 11 is 1.70. The van der Waals surface area contributed by atoms with Crippen LogP contribution in [-0.4, -0.2) is 30.1 Å². The van der Waals surface area contributed by atoms with Gasteiger partial charge in [0.05, 0.1) is 17.8 Å². The Kier molecular flexibility index (Phi) is 8.74. The summed E-state index contributed by atoms with van der Waals surface area (Å²) in [5, 5.41) is 10.2. The zero-order valence-electron chi connectivity index (χ0n) is 14.6. The molecular formula is C18H27IN4OS. The van der Waals surface area contributed by atoms with Crippen LogP contribution in [0.4, 0.5) is 0 Å². The number of thiazole rings is 1. The zero-order valence-corrected chi connectivity index (χ0v) is 17.8. The maximum absolute atomic E-state index is 5.39. The smallest absolute Gasteiger partial charge is 0.191 e. The van der Waals surface area contributed by atoms with Crippen LogP contribution in [0.1, 0.15) is 49.3 Å². The molecule has 25 heavy (non-hydrogen) atoms. The Labute approximate surface area is 170 Å². The first-order valence-corrected chi connectivity index (χ1v) is 9.66. The minimum Gasteiger partial charge on any atom is -0.469 e. The molecule has 1 saturated carbocycles. The topological polar surface area (TPSA) is 62.5 Å². The molecule has 1 fully saturated rings. The summed E-state index contributed by atoms with van der Waals surface area (Å²) in [4.78, 5) is 9.18. The van der Waals surface area contributed by atoms with Gasteiger partial charge in [0.2, 0.25) is 0 Å². The van der Waals surface area contributed by atoms with E-state index in [9.17, 15) is 0 Å². The van der Waals surface area contributed by atoms with Crippen LogP contribution in [0.15, 0.2) is 39.4 Å². The number of halogens is 1. The second-order valence-corrected chi connectivity index (χ2v) is 7.27. The second kappa shape index (κ2) is 10.8. The van der Waals surface area contributed by atoms with E-state index < -0.39 is 0 Å².